The van der Waals surface area contributed by atoms with Gasteiger partial charge in [0.1, 0.15) is 5.75 Å². The highest BCUT2D eigenvalue weighted by Gasteiger charge is 2.17. The van der Waals surface area contributed by atoms with Crippen LogP contribution in [0.4, 0.5) is 0 Å². The summed E-state index contributed by atoms with van der Waals surface area (Å²) in [6, 6.07) is 12.0. The number of benzene rings is 2. The van der Waals surface area contributed by atoms with Gasteiger partial charge in [-0.3, -0.25) is 0 Å². The van der Waals surface area contributed by atoms with Gasteiger partial charge in [0.05, 0.1) is 0 Å². The number of rotatable bonds is 4. The highest BCUT2D eigenvalue weighted by Crippen LogP contribution is 2.36. The number of hydrogen-bond donors (Lipinski definition) is 1. The molecule has 2 nitrogen and oxygen atoms in total. The van der Waals surface area contributed by atoms with Gasteiger partial charge in [-0.05, 0) is 49.3 Å². The Labute approximate surface area is 121 Å². The van der Waals surface area contributed by atoms with Gasteiger partial charge in [-0.2, -0.15) is 0 Å². The van der Waals surface area contributed by atoms with E-state index in [9.17, 15) is 5.11 Å². The third kappa shape index (κ3) is 2.86. The van der Waals surface area contributed by atoms with Crippen molar-refractivity contribution in [3.63, 3.8) is 0 Å². The van der Waals surface area contributed by atoms with Crippen LogP contribution in [0.1, 0.15) is 19.4 Å². The molecule has 2 rings (SSSR count). The van der Waals surface area contributed by atoms with Crippen molar-refractivity contribution in [1.82, 2.24) is 4.90 Å². The van der Waals surface area contributed by atoms with Gasteiger partial charge in [-0.15, -0.1) is 0 Å². The zero-order chi connectivity index (χ0) is 14.7. The largest absolute Gasteiger partial charge is 0.507 e. The SMILES string of the molecule is CC=C(c1c(O)ccc2ccccc12)C(C)CN(C)C. The number of hydrogen-bond acceptors (Lipinski definition) is 2. The number of allylic oxidation sites excluding steroid dienone is 1. The van der Waals surface area contributed by atoms with Crippen LogP contribution in [0.3, 0.4) is 0 Å². The summed E-state index contributed by atoms with van der Waals surface area (Å²) in [6.45, 7) is 5.21. The van der Waals surface area contributed by atoms with E-state index in [2.05, 4.69) is 44.1 Å². The second-order valence-electron chi connectivity index (χ2n) is 5.59. The Morgan fingerprint density at radius 1 is 1.20 bits per heavy atom. The number of nitrogens with zero attached hydrogens (tertiary/aromatic N) is 1. The maximum absolute atomic E-state index is 10.3. The molecule has 0 amide bonds. The first-order chi connectivity index (χ1) is 9.54. The van der Waals surface area contributed by atoms with Gasteiger partial charge in [0.25, 0.3) is 0 Å². The van der Waals surface area contributed by atoms with Crippen molar-refractivity contribution < 1.29 is 5.11 Å². The predicted molar refractivity (Wildman–Crippen MR) is 87.0 cm³/mol. The van der Waals surface area contributed by atoms with Crippen molar-refractivity contribution in [2.75, 3.05) is 20.6 Å². The number of aromatic hydroxyl groups is 1. The molecule has 0 radical (unpaired) electrons. The third-order valence-corrected chi connectivity index (χ3v) is 3.68. The van der Waals surface area contributed by atoms with Crippen LogP contribution in [-0.4, -0.2) is 30.6 Å². The number of phenols is 1. The van der Waals surface area contributed by atoms with Gasteiger partial charge >= 0.3 is 0 Å². The van der Waals surface area contributed by atoms with Crippen LogP contribution in [0, 0.1) is 5.92 Å². The fraction of sp³-hybridized carbons (Fsp3) is 0.333. The summed E-state index contributed by atoms with van der Waals surface area (Å²) in [7, 11) is 4.15. The van der Waals surface area contributed by atoms with Crippen molar-refractivity contribution in [3.05, 3.63) is 48.0 Å². The third-order valence-electron chi connectivity index (χ3n) is 3.68. The van der Waals surface area contributed by atoms with Crippen molar-refractivity contribution in [2.24, 2.45) is 5.92 Å². The van der Waals surface area contributed by atoms with Gasteiger partial charge < -0.3 is 10.0 Å². The molecule has 1 atom stereocenters. The lowest BCUT2D eigenvalue weighted by Gasteiger charge is -2.22. The maximum Gasteiger partial charge on any atom is 0.123 e. The van der Waals surface area contributed by atoms with Gasteiger partial charge in [0, 0.05) is 12.1 Å². The van der Waals surface area contributed by atoms with E-state index in [4.69, 9.17) is 0 Å². The topological polar surface area (TPSA) is 23.5 Å². The lowest BCUT2D eigenvalue weighted by atomic mass is 9.89. The lowest BCUT2D eigenvalue weighted by Crippen LogP contribution is -2.20. The molecule has 0 aliphatic carbocycles. The van der Waals surface area contributed by atoms with Crippen molar-refractivity contribution in [1.29, 1.82) is 0 Å². The first-order valence-corrected chi connectivity index (χ1v) is 7.06. The first kappa shape index (κ1) is 14.6. The predicted octanol–water partition coefficient (Wildman–Crippen LogP) is 4.15. The van der Waals surface area contributed by atoms with Gasteiger partial charge in [-0.25, -0.2) is 0 Å². The Balaban J connectivity index is 2.57. The molecule has 0 saturated heterocycles. The molecule has 2 aromatic carbocycles. The second-order valence-corrected chi connectivity index (χ2v) is 5.59. The minimum atomic E-state index is 0.363. The second kappa shape index (κ2) is 6.10. The van der Waals surface area contributed by atoms with E-state index in [0.29, 0.717) is 11.7 Å². The Kier molecular flexibility index (Phi) is 4.46. The Morgan fingerprint density at radius 3 is 2.55 bits per heavy atom. The van der Waals surface area contributed by atoms with E-state index in [1.54, 1.807) is 6.07 Å². The van der Waals surface area contributed by atoms with E-state index in [1.807, 2.05) is 25.1 Å². The molecule has 0 fully saturated rings. The van der Waals surface area contributed by atoms with E-state index in [0.717, 1.165) is 22.9 Å². The normalized spacial score (nSPS) is 13.9. The van der Waals surface area contributed by atoms with Gasteiger partial charge in [0.2, 0.25) is 0 Å². The van der Waals surface area contributed by atoms with Crippen LogP contribution in [0.25, 0.3) is 16.3 Å². The smallest absolute Gasteiger partial charge is 0.123 e. The standard InChI is InChI=1S/C18H23NO/c1-5-15(13(2)12-19(3)4)18-16-9-7-6-8-14(16)10-11-17(18)20/h5-11,13,20H,12H2,1-4H3. The first-order valence-electron chi connectivity index (χ1n) is 7.06. The van der Waals surface area contributed by atoms with Crippen molar-refractivity contribution in [3.8, 4) is 5.75 Å². The fourth-order valence-corrected chi connectivity index (χ4v) is 2.88. The average Bonchev–Trinajstić information content (AvgIpc) is 2.41. The Morgan fingerprint density at radius 2 is 1.90 bits per heavy atom. The van der Waals surface area contributed by atoms with Gasteiger partial charge in [0.15, 0.2) is 0 Å². The van der Waals surface area contributed by atoms with E-state index < -0.39 is 0 Å². The molecule has 2 aromatic rings. The van der Waals surface area contributed by atoms with Crippen LogP contribution in [0.15, 0.2) is 42.5 Å². The minimum absolute atomic E-state index is 0.363. The van der Waals surface area contributed by atoms with Crippen LogP contribution in [0.2, 0.25) is 0 Å². The molecule has 0 saturated carbocycles. The Hall–Kier alpha value is -1.80. The van der Waals surface area contributed by atoms with Crippen LogP contribution in [0.5, 0.6) is 5.75 Å². The summed E-state index contributed by atoms with van der Waals surface area (Å²) in [5.74, 6) is 0.731. The number of phenolic OH excluding ortho intramolecular Hbond substituents is 1. The highest BCUT2D eigenvalue weighted by atomic mass is 16.3. The highest BCUT2D eigenvalue weighted by molar-refractivity contribution is 5.96. The lowest BCUT2D eigenvalue weighted by molar-refractivity contribution is 0.375. The summed E-state index contributed by atoms with van der Waals surface area (Å²) in [6.07, 6.45) is 2.12. The van der Waals surface area contributed by atoms with Crippen LogP contribution in [-0.2, 0) is 0 Å². The average molecular weight is 269 g/mol. The van der Waals surface area contributed by atoms with E-state index in [1.165, 1.54) is 5.57 Å². The molecule has 0 bridgehead atoms. The monoisotopic (exact) mass is 269 g/mol. The molecule has 0 spiro atoms. The zero-order valence-electron chi connectivity index (χ0n) is 12.7. The summed E-state index contributed by atoms with van der Waals surface area (Å²) >= 11 is 0. The van der Waals surface area contributed by atoms with E-state index >= 15 is 0 Å². The summed E-state index contributed by atoms with van der Waals surface area (Å²) in [5, 5.41) is 12.6. The van der Waals surface area contributed by atoms with Gasteiger partial charge in [-0.1, -0.05) is 43.3 Å². The molecule has 0 heterocycles. The molecule has 2 heteroatoms. The zero-order valence-corrected chi connectivity index (χ0v) is 12.7. The molecule has 106 valence electrons. The summed E-state index contributed by atoms with van der Waals surface area (Å²) in [5.41, 5.74) is 2.17. The van der Waals surface area contributed by atoms with Crippen molar-refractivity contribution in [2.45, 2.75) is 13.8 Å². The molecular formula is C18H23NO. The molecule has 0 aromatic heterocycles. The number of fused-ring (bicyclic) bond motifs is 1. The fourth-order valence-electron chi connectivity index (χ4n) is 2.88. The minimum Gasteiger partial charge on any atom is -0.507 e. The quantitative estimate of drug-likeness (QED) is 0.901. The summed E-state index contributed by atoms with van der Waals surface area (Å²) in [4.78, 5) is 2.18. The molecule has 0 aliphatic rings. The molecule has 1 unspecified atom stereocenters. The molecular weight excluding hydrogens is 246 g/mol. The Bertz CT molecular complexity index is 628. The maximum atomic E-state index is 10.3. The molecule has 20 heavy (non-hydrogen) atoms. The molecule has 0 aliphatic heterocycles. The van der Waals surface area contributed by atoms with E-state index in [-0.39, 0.29) is 0 Å². The van der Waals surface area contributed by atoms with Crippen LogP contribution < -0.4 is 0 Å². The summed E-state index contributed by atoms with van der Waals surface area (Å²) < 4.78 is 0. The van der Waals surface area contributed by atoms with Crippen LogP contribution >= 0.6 is 0 Å². The van der Waals surface area contributed by atoms with Crippen molar-refractivity contribution >= 4 is 16.3 Å². The molecule has 1 N–H and O–H groups in total.